The smallest absolute Gasteiger partial charge is 0.246 e. The third-order valence-electron chi connectivity index (χ3n) is 5.79. The lowest BCUT2D eigenvalue weighted by Gasteiger charge is -2.32. The van der Waals surface area contributed by atoms with Gasteiger partial charge in [0.15, 0.2) is 0 Å². The number of benzene rings is 2. The number of carbonyl (C=O) groups is 1. The van der Waals surface area contributed by atoms with Crippen molar-refractivity contribution >= 4 is 15.9 Å². The van der Waals surface area contributed by atoms with Crippen molar-refractivity contribution in [2.24, 2.45) is 5.92 Å². The number of nitrogens with zero attached hydrogens (tertiary/aromatic N) is 4. The zero-order valence-corrected chi connectivity index (χ0v) is 19.0. The average molecular weight is 455 g/mol. The van der Waals surface area contributed by atoms with E-state index in [9.17, 15) is 13.2 Å². The maximum atomic E-state index is 12.9. The zero-order chi connectivity index (χ0) is 22.7. The topological polar surface area (TPSA) is 96.6 Å². The molecule has 2 heterocycles. The van der Waals surface area contributed by atoms with Crippen molar-refractivity contribution in [3.8, 4) is 11.4 Å². The van der Waals surface area contributed by atoms with Crippen LogP contribution in [0.2, 0.25) is 0 Å². The highest BCUT2D eigenvalue weighted by Gasteiger charge is 2.33. The fraction of sp³-hybridized carbons (Fsp3) is 0.348. The molecule has 4 rings (SSSR count). The number of sulfonamides is 1. The molecule has 0 spiro atoms. The van der Waals surface area contributed by atoms with Gasteiger partial charge in [0.05, 0.1) is 11.4 Å². The standard InChI is InChI=1S/C23H26N4O4S/c1-17-8-6-7-11-20(17)22-24-21(31-25-22)16-26(2)23(28)18-12-14-27(15-13-18)32(29,30)19-9-4-3-5-10-19/h3-11,18H,12-16H2,1-2H3. The molecule has 1 aliphatic heterocycles. The van der Waals surface area contributed by atoms with Crippen LogP contribution in [0.25, 0.3) is 11.4 Å². The third-order valence-corrected chi connectivity index (χ3v) is 7.70. The number of piperidine rings is 1. The minimum Gasteiger partial charge on any atom is -0.337 e. The number of hydrogen-bond acceptors (Lipinski definition) is 6. The van der Waals surface area contributed by atoms with Gasteiger partial charge < -0.3 is 9.42 Å². The molecular weight excluding hydrogens is 428 g/mol. The molecule has 1 aromatic heterocycles. The Morgan fingerprint density at radius 1 is 1.09 bits per heavy atom. The second-order valence-corrected chi connectivity index (χ2v) is 9.95. The molecule has 0 saturated carbocycles. The molecule has 3 aromatic rings. The van der Waals surface area contributed by atoms with Gasteiger partial charge in [-0.3, -0.25) is 4.79 Å². The summed E-state index contributed by atoms with van der Waals surface area (Å²) in [6.45, 7) is 2.82. The maximum absolute atomic E-state index is 12.9. The van der Waals surface area contributed by atoms with E-state index in [0.29, 0.717) is 37.6 Å². The Morgan fingerprint density at radius 2 is 1.75 bits per heavy atom. The average Bonchev–Trinajstić information content (AvgIpc) is 3.27. The van der Waals surface area contributed by atoms with E-state index in [1.54, 1.807) is 42.3 Å². The first-order chi connectivity index (χ1) is 15.4. The van der Waals surface area contributed by atoms with Gasteiger partial charge in [-0.05, 0) is 37.5 Å². The Kier molecular flexibility index (Phi) is 6.38. The van der Waals surface area contributed by atoms with E-state index in [2.05, 4.69) is 10.1 Å². The number of amides is 1. The van der Waals surface area contributed by atoms with Gasteiger partial charge in [-0.2, -0.15) is 9.29 Å². The van der Waals surface area contributed by atoms with Crippen LogP contribution in [0.5, 0.6) is 0 Å². The summed E-state index contributed by atoms with van der Waals surface area (Å²) < 4.78 is 32.4. The molecule has 0 unspecified atom stereocenters. The van der Waals surface area contributed by atoms with E-state index < -0.39 is 10.0 Å². The van der Waals surface area contributed by atoms with Gasteiger partial charge in [-0.15, -0.1) is 0 Å². The van der Waals surface area contributed by atoms with Crippen LogP contribution in [-0.2, 0) is 21.4 Å². The van der Waals surface area contributed by atoms with Crippen LogP contribution in [0.4, 0.5) is 0 Å². The number of aromatic nitrogens is 2. The minimum atomic E-state index is -3.53. The molecule has 1 fully saturated rings. The molecule has 2 aromatic carbocycles. The van der Waals surface area contributed by atoms with Crippen molar-refractivity contribution in [3.63, 3.8) is 0 Å². The van der Waals surface area contributed by atoms with Crippen molar-refractivity contribution in [1.82, 2.24) is 19.3 Å². The lowest BCUT2D eigenvalue weighted by Crippen LogP contribution is -2.43. The van der Waals surface area contributed by atoms with Gasteiger partial charge in [0, 0.05) is 31.6 Å². The number of rotatable bonds is 6. The van der Waals surface area contributed by atoms with Crippen LogP contribution in [0.1, 0.15) is 24.3 Å². The zero-order valence-electron chi connectivity index (χ0n) is 18.1. The van der Waals surface area contributed by atoms with Crippen molar-refractivity contribution < 1.29 is 17.7 Å². The first-order valence-electron chi connectivity index (χ1n) is 10.5. The summed E-state index contributed by atoms with van der Waals surface area (Å²) in [5.74, 6) is 0.583. The molecule has 1 aliphatic rings. The highest BCUT2D eigenvalue weighted by Crippen LogP contribution is 2.25. The van der Waals surface area contributed by atoms with Crippen LogP contribution >= 0.6 is 0 Å². The first kappa shape index (κ1) is 22.2. The molecule has 1 amide bonds. The highest BCUT2D eigenvalue weighted by molar-refractivity contribution is 7.89. The van der Waals surface area contributed by atoms with Crippen LogP contribution in [0, 0.1) is 12.8 Å². The van der Waals surface area contributed by atoms with Gasteiger partial charge >= 0.3 is 0 Å². The predicted octanol–water partition coefficient (Wildman–Crippen LogP) is 3.10. The van der Waals surface area contributed by atoms with Crippen LogP contribution in [-0.4, -0.2) is 53.8 Å². The summed E-state index contributed by atoms with van der Waals surface area (Å²) in [4.78, 5) is 19.2. The second kappa shape index (κ2) is 9.22. The summed E-state index contributed by atoms with van der Waals surface area (Å²) in [6.07, 6.45) is 0.959. The number of carbonyl (C=O) groups excluding carboxylic acids is 1. The first-order valence-corrected chi connectivity index (χ1v) is 12.0. The van der Waals surface area contributed by atoms with E-state index in [1.807, 2.05) is 31.2 Å². The van der Waals surface area contributed by atoms with Gasteiger partial charge in [0.1, 0.15) is 0 Å². The molecule has 8 nitrogen and oxygen atoms in total. The Bertz CT molecular complexity index is 1190. The molecule has 9 heteroatoms. The summed E-state index contributed by atoms with van der Waals surface area (Å²) in [5, 5.41) is 4.04. The summed E-state index contributed by atoms with van der Waals surface area (Å²) in [6, 6.07) is 16.2. The monoisotopic (exact) mass is 454 g/mol. The number of hydrogen-bond donors (Lipinski definition) is 0. The summed E-state index contributed by atoms with van der Waals surface area (Å²) in [7, 11) is -1.83. The van der Waals surface area contributed by atoms with E-state index in [-0.39, 0.29) is 23.3 Å². The number of aryl methyl sites for hydroxylation is 1. The molecule has 0 bridgehead atoms. The lowest BCUT2D eigenvalue weighted by atomic mass is 9.97. The Balaban J connectivity index is 1.35. The van der Waals surface area contributed by atoms with E-state index in [4.69, 9.17) is 4.52 Å². The van der Waals surface area contributed by atoms with Gasteiger partial charge in [0.2, 0.25) is 27.6 Å². The van der Waals surface area contributed by atoms with Crippen LogP contribution in [0.15, 0.2) is 64.0 Å². The molecular formula is C23H26N4O4S. The summed E-state index contributed by atoms with van der Waals surface area (Å²) >= 11 is 0. The van der Waals surface area contributed by atoms with Crippen LogP contribution in [0.3, 0.4) is 0 Å². The van der Waals surface area contributed by atoms with Crippen molar-refractivity contribution in [1.29, 1.82) is 0 Å². The lowest BCUT2D eigenvalue weighted by molar-refractivity contribution is -0.136. The largest absolute Gasteiger partial charge is 0.337 e. The van der Waals surface area contributed by atoms with Crippen LogP contribution < -0.4 is 0 Å². The maximum Gasteiger partial charge on any atom is 0.246 e. The fourth-order valence-electron chi connectivity index (χ4n) is 3.93. The second-order valence-electron chi connectivity index (χ2n) is 8.01. The fourth-order valence-corrected chi connectivity index (χ4v) is 5.42. The van der Waals surface area contributed by atoms with Crippen molar-refractivity contribution in [3.05, 3.63) is 66.1 Å². The quantitative estimate of drug-likeness (QED) is 0.568. The van der Waals surface area contributed by atoms with Gasteiger partial charge in [-0.25, -0.2) is 8.42 Å². The molecule has 168 valence electrons. The Hall–Kier alpha value is -3.04. The Morgan fingerprint density at radius 3 is 2.44 bits per heavy atom. The van der Waals surface area contributed by atoms with Gasteiger partial charge in [-0.1, -0.05) is 47.6 Å². The summed E-state index contributed by atoms with van der Waals surface area (Å²) in [5.41, 5.74) is 1.94. The minimum absolute atomic E-state index is 0.0441. The molecule has 0 radical (unpaired) electrons. The van der Waals surface area contributed by atoms with E-state index in [0.717, 1.165) is 11.1 Å². The molecule has 32 heavy (non-hydrogen) atoms. The molecule has 0 N–H and O–H groups in total. The predicted molar refractivity (Wildman–Crippen MR) is 119 cm³/mol. The molecule has 0 aliphatic carbocycles. The van der Waals surface area contributed by atoms with Gasteiger partial charge in [0.25, 0.3) is 0 Å². The molecule has 1 saturated heterocycles. The highest BCUT2D eigenvalue weighted by atomic mass is 32.2. The Labute approximate surface area is 187 Å². The SMILES string of the molecule is Cc1ccccc1-c1noc(CN(C)C(=O)C2CCN(S(=O)(=O)c3ccccc3)CC2)n1. The normalized spacial score (nSPS) is 15.6. The molecule has 0 atom stereocenters. The van der Waals surface area contributed by atoms with E-state index in [1.165, 1.54) is 4.31 Å². The van der Waals surface area contributed by atoms with Crippen molar-refractivity contribution in [2.75, 3.05) is 20.1 Å². The third kappa shape index (κ3) is 4.58. The van der Waals surface area contributed by atoms with Crippen molar-refractivity contribution in [2.45, 2.75) is 31.2 Å². The van der Waals surface area contributed by atoms with E-state index >= 15 is 0 Å².